The van der Waals surface area contributed by atoms with Crippen LogP contribution in [0.1, 0.15) is 18.9 Å². The van der Waals surface area contributed by atoms with E-state index in [1.54, 1.807) is 49.4 Å². The van der Waals surface area contributed by atoms with E-state index >= 15 is 0 Å². The Morgan fingerprint density at radius 3 is 2.03 bits per heavy atom. The molecule has 0 heterocycles. The molecule has 164 valence electrons. The number of nitrogens with one attached hydrogen (secondary N) is 1. The summed E-state index contributed by atoms with van der Waals surface area (Å²) in [4.78, 5) is 12.9. The number of hydrogen-bond donors (Lipinski definition) is 1. The summed E-state index contributed by atoms with van der Waals surface area (Å²) in [5, 5.41) is 2.82. The highest BCUT2D eigenvalue weighted by atomic mass is 32.2. The normalized spacial score (nSPS) is 12.0. The lowest BCUT2D eigenvalue weighted by molar-refractivity contribution is -0.122. The molecular formula is C21H28N2O6S. The fourth-order valence-electron chi connectivity index (χ4n) is 3.18. The number of carbonyl (C=O) groups is 1. The predicted octanol–water partition coefficient (Wildman–Crippen LogP) is 2.57. The molecule has 1 N–H and O–H groups in total. The first kappa shape index (κ1) is 23.3. The van der Waals surface area contributed by atoms with Crippen LogP contribution in [0.4, 0.5) is 5.69 Å². The van der Waals surface area contributed by atoms with Crippen LogP contribution in [-0.2, 0) is 21.4 Å². The van der Waals surface area contributed by atoms with E-state index in [0.29, 0.717) is 29.4 Å². The number of nitrogens with zero attached hydrogens (tertiary/aromatic N) is 1. The van der Waals surface area contributed by atoms with Crippen LogP contribution in [0.2, 0.25) is 0 Å². The second kappa shape index (κ2) is 10.2. The van der Waals surface area contributed by atoms with Crippen molar-refractivity contribution in [3.05, 3.63) is 48.0 Å². The molecule has 0 aliphatic heterocycles. The number of amides is 1. The predicted molar refractivity (Wildman–Crippen MR) is 116 cm³/mol. The molecule has 9 heteroatoms. The van der Waals surface area contributed by atoms with Gasteiger partial charge in [-0.25, -0.2) is 8.42 Å². The van der Waals surface area contributed by atoms with Gasteiger partial charge in [-0.3, -0.25) is 9.10 Å². The standard InChI is InChI=1S/C21H28N2O6S/c1-6-17(23(30(5,25)26)16-10-8-7-9-11-16)21(24)22-14-15-12-18(27-2)20(29-4)19(13-15)28-3/h7-13,17H,6,14H2,1-5H3,(H,22,24)/t17-/m1/s1. The van der Waals surface area contributed by atoms with Gasteiger partial charge in [0.05, 0.1) is 33.3 Å². The van der Waals surface area contributed by atoms with Crippen molar-refractivity contribution in [3.63, 3.8) is 0 Å². The molecule has 2 rings (SSSR count). The van der Waals surface area contributed by atoms with Gasteiger partial charge >= 0.3 is 0 Å². The number of rotatable bonds is 10. The van der Waals surface area contributed by atoms with Crippen molar-refractivity contribution in [2.75, 3.05) is 31.9 Å². The number of anilines is 1. The second-order valence-electron chi connectivity index (χ2n) is 6.57. The fourth-order valence-corrected chi connectivity index (χ4v) is 4.39. The average Bonchev–Trinajstić information content (AvgIpc) is 2.74. The van der Waals surface area contributed by atoms with Crippen LogP contribution in [0, 0.1) is 0 Å². The fraction of sp³-hybridized carbons (Fsp3) is 0.381. The molecule has 0 saturated heterocycles. The lowest BCUT2D eigenvalue weighted by Gasteiger charge is -2.30. The number of methoxy groups -OCH3 is 3. The van der Waals surface area contributed by atoms with Gasteiger partial charge in [0.25, 0.3) is 0 Å². The van der Waals surface area contributed by atoms with Gasteiger partial charge in [-0.05, 0) is 36.2 Å². The van der Waals surface area contributed by atoms with Gasteiger partial charge in [0.1, 0.15) is 6.04 Å². The molecule has 0 unspecified atom stereocenters. The number of carbonyl (C=O) groups excluding carboxylic acids is 1. The van der Waals surface area contributed by atoms with Crippen LogP contribution >= 0.6 is 0 Å². The quantitative estimate of drug-likeness (QED) is 0.615. The van der Waals surface area contributed by atoms with E-state index in [1.165, 1.54) is 21.3 Å². The minimum absolute atomic E-state index is 0.165. The van der Waals surface area contributed by atoms with E-state index in [2.05, 4.69) is 5.32 Å². The molecule has 0 bridgehead atoms. The van der Waals surface area contributed by atoms with Gasteiger partial charge in [-0.15, -0.1) is 0 Å². The van der Waals surface area contributed by atoms with Gasteiger partial charge in [0, 0.05) is 6.54 Å². The van der Waals surface area contributed by atoms with E-state index in [9.17, 15) is 13.2 Å². The number of para-hydroxylation sites is 1. The Labute approximate surface area is 177 Å². The number of ether oxygens (including phenoxy) is 3. The van der Waals surface area contributed by atoms with Gasteiger partial charge in [-0.2, -0.15) is 0 Å². The number of sulfonamides is 1. The third-order valence-electron chi connectivity index (χ3n) is 4.53. The number of benzene rings is 2. The summed E-state index contributed by atoms with van der Waals surface area (Å²) in [7, 11) is 0.860. The summed E-state index contributed by atoms with van der Waals surface area (Å²) >= 11 is 0. The zero-order valence-corrected chi connectivity index (χ0v) is 18.7. The van der Waals surface area contributed by atoms with Crippen LogP contribution in [0.3, 0.4) is 0 Å². The molecule has 1 amide bonds. The minimum atomic E-state index is -3.67. The van der Waals surface area contributed by atoms with Gasteiger partial charge in [0.2, 0.25) is 21.7 Å². The first-order valence-electron chi connectivity index (χ1n) is 9.37. The third-order valence-corrected chi connectivity index (χ3v) is 5.71. The summed E-state index contributed by atoms with van der Waals surface area (Å²) in [6.07, 6.45) is 1.40. The maximum atomic E-state index is 12.9. The van der Waals surface area contributed by atoms with Crippen LogP contribution < -0.4 is 23.8 Å². The lowest BCUT2D eigenvalue weighted by atomic mass is 10.1. The smallest absolute Gasteiger partial charge is 0.244 e. The summed E-state index contributed by atoms with van der Waals surface area (Å²) < 4.78 is 42.0. The highest BCUT2D eigenvalue weighted by Gasteiger charge is 2.31. The molecule has 0 aliphatic rings. The Morgan fingerprint density at radius 2 is 1.60 bits per heavy atom. The maximum absolute atomic E-state index is 12.9. The Morgan fingerprint density at radius 1 is 1.03 bits per heavy atom. The molecule has 8 nitrogen and oxygen atoms in total. The lowest BCUT2D eigenvalue weighted by Crippen LogP contribution is -2.49. The molecule has 30 heavy (non-hydrogen) atoms. The molecule has 0 aliphatic carbocycles. The van der Waals surface area contributed by atoms with E-state index in [-0.39, 0.29) is 6.54 Å². The van der Waals surface area contributed by atoms with E-state index in [1.807, 2.05) is 0 Å². The summed E-state index contributed by atoms with van der Waals surface area (Å²) in [5.41, 5.74) is 1.16. The van der Waals surface area contributed by atoms with Crippen molar-refractivity contribution in [2.24, 2.45) is 0 Å². The van der Waals surface area contributed by atoms with Gasteiger partial charge in [-0.1, -0.05) is 25.1 Å². The van der Waals surface area contributed by atoms with Crippen molar-refractivity contribution in [2.45, 2.75) is 25.9 Å². The Bertz CT molecular complexity index is 938. The average molecular weight is 437 g/mol. The summed E-state index contributed by atoms with van der Waals surface area (Å²) in [6, 6.07) is 11.1. The van der Waals surface area contributed by atoms with E-state index in [0.717, 1.165) is 16.1 Å². The zero-order chi connectivity index (χ0) is 22.3. The topological polar surface area (TPSA) is 94.2 Å². The number of hydrogen-bond acceptors (Lipinski definition) is 6. The molecule has 0 aromatic heterocycles. The van der Waals surface area contributed by atoms with Crippen LogP contribution in [0.5, 0.6) is 17.2 Å². The van der Waals surface area contributed by atoms with Crippen LogP contribution in [0.25, 0.3) is 0 Å². The molecule has 0 spiro atoms. The highest BCUT2D eigenvalue weighted by Crippen LogP contribution is 2.38. The molecule has 2 aromatic rings. The van der Waals surface area contributed by atoms with Crippen LogP contribution in [0.15, 0.2) is 42.5 Å². The summed E-state index contributed by atoms with van der Waals surface area (Å²) in [5.74, 6) is 0.986. The molecule has 0 saturated carbocycles. The minimum Gasteiger partial charge on any atom is -0.493 e. The van der Waals surface area contributed by atoms with E-state index in [4.69, 9.17) is 14.2 Å². The first-order chi connectivity index (χ1) is 14.3. The summed E-state index contributed by atoms with van der Waals surface area (Å²) in [6.45, 7) is 1.93. The van der Waals surface area contributed by atoms with Crippen molar-refractivity contribution >= 4 is 21.6 Å². The monoisotopic (exact) mass is 436 g/mol. The Hall–Kier alpha value is -2.94. The van der Waals surface area contributed by atoms with Gasteiger partial charge in [0.15, 0.2) is 11.5 Å². The Kier molecular flexibility index (Phi) is 7.93. The molecular weight excluding hydrogens is 408 g/mol. The van der Waals surface area contributed by atoms with Crippen molar-refractivity contribution < 1.29 is 27.4 Å². The zero-order valence-electron chi connectivity index (χ0n) is 17.8. The van der Waals surface area contributed by atoms with Crippen LogP contribution in [-0.4, -0.2) is 48.0 Å². The van der Waals surface area contributed by atoms with Crippen molar-refractivity contribution in [3.8, 4) is 17.2 Å². The van der Waals surface area contributed by atoms with Crippen molar-refractivity contribution in [1.82, 2.24) is 5.32 Å². The molecule has 2 aromatic carbocycles. The van der Waals surface area contributed by atoms with Crippen molar-refractivity contribution in [1.29, 1.82) is 0 Å². The second-order valence-corrected chi connectivity index (χ2v) is 8.43. The van der Waals surface area contributed by atoms with Gasteiger partial charge < -0.3 is 19.5 Å². The SMILES string of the molecule is CC[C@H](C(=O)NCc1cc(OC)c(OC)c(OC)c1)N(c1ccccc1)S(C)(=O)=O. The molecule has 0 fully saturated rings. The third kappa shape index (κ3) is 5.35. The maximum Gasteiger partial charge on any atom is 0.244 e. The highest BCUT2D eigenvalue weighted by molar-refractivity contribution is 7.92. The Balaban J connectivity index is 2.27. The largest absolute Gasteiger partial charge is 0.493 e. The molecule has 1 atom stereocenters. The first-order valence-corrected chi connectivity index (χ1v) is 11.2. The molecule has 0 radical (unpaired) electrons. The van der Waals surface area contributed by atoms with E-state index < -0.39 is 22.0 Å².